The smallest absolute Gasteiger partial charge is 0.328 e. The summed E-state index contributed by atoms with van der Waals surface area (Å²) in [5, 5.41) is 8.67. The molecule has 0 spiro atoms. The molecule has 0 aromatic carbocycles. The van der Waals surface area contributed by atoms with E-state index in [1.54, 1.807) is 18.5 Å². The number of aromatic nitrogens is 1. The van der Waals surface area contributed by atoms with Gasteiger partial charge in [0.2, 0.25) is 0 Å². The highest BCUT2D eigenvalue weighted by Crippen LogP contribution is 2.16. The molecule has 4 nitrogen and oxygen atoms in total. The third-order valence-corrected chi connectivity index (χ3v) is 1.64. The Morgan fingerprint density at radius 2 is 2.45 bits per heavy atom. The summed E-state index contributed by atoms with van der Waals surface area (Å²) >= 11 is 0. The van der Waals surface area contributed by atoms with E-state index in [-0.39, 0.29) is 0 Å². The summed E-state index contributed by atoms with van der Waals surface area (Å²) < 4.78 is 0. The van der Waals surface area contributed by atoms with E-state index in [9.17, 15) is 4.79 Å². The molecule has 0 aliphatic carbocycles. The molecule has 0 saturated carbocycles. The summed E-state index contributed by atoms with van der Waals surface area (Å²) in [6.45, 7) is 1.46. The summed E-state index contributed by atoms with van der Waals surface area (Å²) in [5.41, 5.74) is 4.79. The monoisotopic (exact) mass is 154 g/mol. The molecule has 4 heteroatoms. The number of aromatic amines is 1. The predicted octanol–water partition coefficient (Wildman–Crippen LogP) is 0.273. The molecule has 4 N–H and O–H groups in total. The van der Waals surface area contributed by atoms with E-state index in [2.05, 4.69) is 4.98 Å². The number of hydrogen-bond acceptors (Lipinski definition) is 2. The molecule has 0 bridgehead atoms. The van der Waals surface area contributed by atoms with Gasteiger partial charge >= 0.3 is 5.97 Å². The van der Waals surface area contributed by atoms with Gasteiger partial charge < -0.3 is 15.8 Å². The molecule has 1 atom stereocenters. The van der Waals surface area contributed by atoms with Crippen LogP contribution in [0.1, 0.15) is 12.5 Å². The number of carbonyl (C=O) groups is 1. The SMILES string of the molecule is C[C@](N)(C(=O)O)c1cc[nH]c1. The van der Waals surface area contributed by atoms with Crippen LogP contribution in [0.2, 0.25) is 0 Å². The molecule has 0 saturated heterocycles. The maximum Gasteiger partial charge on any atom is 0.328 e. The van der Waals surface area contributed by atoms with Crippen molar-refractivity contribution in [1.82, 2.24) is 4.98 Å². The Morgan fingerprint density at radius 1 is 1.82 bits per heavy atom. The van der Waals surface area contributed by atoms with Crippen molar-refractivity contribution in [1.29, 1.82) is 0 Å². The predicted molar refractivity (Wildman–Crippen MR) is 40.0 cm³/mol. The minimum absolute atomic E-state index is 0.574. The summed E-state index contributed by atoms with van der Waals surface area (Å²) in [7, 11) is 0. The molecule has 1 aromatic rings. The number of carboxylic acids is 1. The zero-order chi connectivity index (χ0) is 8.48. The zero-order valence-electron chi connectivity index (χ0n) is 6.16. The molecule has 0 amide bonds. The van der Waals surface area contributed by atoms with E-state index in [1.165, 1.54) is 6.92 Å². The topological polar surface area (TPSA) is 79.1 Å². The second-order valence-corrected chi connectivity index (χ2v) is 2.61. The van der Waals surface area contributed by atoms with Gasteiger partial charge in [0.05, 0.1) is 0 Å². The fourth-order valence-corrected chi connectivity index (χ4v) is 0.770. The van der Waals surface area contributed by atoms with Crippen LogP contribution in [-0.4, -0.2) is 16.1 Å². The quantitative estimate of drug-likeness (QED) is 0.572. The highest BCUT2D eigenvalue weighted by molar-refractivity contribution is 5.79. The first-order valence-electron chi connectivity index (χ1n) is 3.20. The summed E-state index contributed by atoms with van der Waals surface area (Å²) in [4.78, 5) is 13.3. The van der Waals surface area contributed by atoms with Crippen LogP contribution < -0.4 is 5.73 Å². The molecule has 11 heavy (non-hydrogen) atoms. The fraction of sp³-hybridized carbons (Fsp3) is 0.286. The second-order valence-electron chi connectivity index (χ2n) is 2.61. The number of H-pyrrole nitrogens is 1. The van der Waals surface area contributed by atoms with Crippen LogP contribution in [0.3, 0.4) is 0 Å². The first-order valence-corrected chi connectivity index (χ1v) is 3.20. The van der Waals surface area contributed by atoms with Crippen LogP contribution in [-0.2, 0) is 10.3 Å². The van der Waals surface area contributed by atoms with Gasteiger partial charge in [0.25, 0.3) is 0 Å². The number of aliphatic carboxylic acids is 1. The van der Waals surface area contributed by atoms with Crippen LogP contribution >= 0.6 is 0 Å². The number of carboxylic acid groups (broad SMARTS) is 1. The number of hydrogen-bond donors (Lipinski definition) is 3. The minimum Gasteiger partial charge on any atom is -0.480 e. The van der Waals surface area contributed by atoms with E-state index >= 15 is 0 Å². The highest BCUT2D eigenvalue weighted by atomic mass is 16.4. The highest BCUT2D eigenvalue weighted by Gasteiger charge is 2.30. The summed E-state index contributed by atoms with van der Waals surface area (Å²) in [6, 6.07) is 1.65. The lowest BCUT2D eigenvalue weighted by Gasteiger charge is -2.16. The third-order valence-electron chi connectivity index (χ3n) is 1.64. The molecular formula is C7H10N2O2. The van der Waals surface area contributed by atoms with Gasteiger partial charge in [0, 0.05) is 18.0 Å². The maximum absolute atomic E-state index is 10.6. The van der Waals surface area contributed by atoms with E-state index in [0.29, 0.717) is 5.56 Å². The fourth-order valence-electron chi connectivity index (χ4n) is 0.770. The van der Waals surface area contributed by atoms with Gasteiger partial charge in [-0.2, -0.15) is 0 Å². The molecule has 60 valence electrons. The van der Waals surface area contributed by atoms with Gasteiger partial charge in [0.15, 0.2) is 0 Å². The molecule has 1 rings (SSSR count). The van der Waals surface area contributed by atoms with Gasteiger partial charge in [0.1, 0.15) is 5.54 Å². The van der Waals surface area contributed by atoms with Gasteiger partial charge in [-0.3, -0.25) is 0 Å². The van der Waals surface area contributed by atoms with Gasteiger partial charge in [-0.15, -0.1) is 0 Å². The van der Waals surface area contributed by atoms with Gasteiger partial charge in [-0.05, 0) is 13.0 Å². The lowest BCUT2D eigenvalue weighted by atomic mass is 9.97. The third kappa shape index (κ3) is 1.25. The van der Waals surface area contributed by atoms with Gasteiger partial charge in [-0.25, -0.2) is 4.79 Å². The minimum atomic E-state index is -1.29. The van der Waals surface area contributed by atoms with Crippen molar-refractivity contribution in [3.8, 4) is 0 Å². The Labute approximate surface area is 64.0 Å². The molecule has 1 heterocycles. The molecule has 1 aromatic heterocycles. The number of rotatable bonds is 2. The van der Waals surface area contributed by atoms with E-state index in [4.69, 9.17) is 10.8 Å². The largest absolute Gasteiger partial charge is 0.480 e. The van der Waals surface area contributed by atoms with Crippen LogP contribution in [0.25, 0.3) is 0 Å². The Kier molecular flexibility index (Phi) is 1.70. The normalized spacial score (nSPS) is 15.8. The van der Waals surface area contributed by atoms with Crippen LogP contribution in [0.4, 0.5) is 0 Å². The Hall–Kier alpha value is -1.29. The average Bonchev–Trinajstić information content (AvgIpc) is 2.37. The van der Waals surface area contributed by atoms with E-state index < -0.39 is 11.5 Å². The second kappa shape index (κ2) is 2.39. The molecule has 0 aliphatic rings. The Bertz CT molecular complexity index is 251. The van der Waals surface area contributed by atoms with Crippen molar-refractivity contribution in [3.63, 3.8) is 0 Å². The summed E-state index contributed by atoms with van der Waals surface area (Å²) in [6.07, 6.45) is 3.22. The number of nitrogens with one attached hydrogen (secondary N) is 1. The zero-order valence-corrected chi connectivity index (χ0v) is 6.16. The van der Waals surface area contributed by atoms with Crippen molar-refractivity contribution in [2.24, 2.45) is 5.73 Å². The Morgan fingerprint density at radius 3 is 2.82 bits per heavy atom. The van der Waals surface area contributed by atoms with Crippen LogP contribution in [0, 0.1) is 0 Å². The summed E-state index contributed by atoms with van der Waals surface area (Å²) in [5.74, 6) is -1.03. The van der Waals surface area contributed by atoms with Gasteiger partial charge in [-0.1, -0.05) is 0 Å². The van der Waals surface area contributed by atoms with Crippen LogP contribution in [0.5, 0.6) is 0 Å². The van der Waals surface area contributed by atoms with E-state index in [0.717, 1.165) is 0 Å². The first kappa shape index (κ1) is 7.81. The van der Waals surface area contributed by atoms with Crippen molar-refractivity contribution in [2.45, 2.75) is 12.5 Å². The van der Waals surface area contributed by atoms with Crippen LogP contribution in [0.15, 0.2) is 18.5 Å². The lowest BCUT2D eigenvalue weighted by molar-refractivity contribution is -0.143. The maximum atomic E-state index is 10.6. The first-order chi connectivity index (χ1) is 5.05. The van der Waals surface area contributed by atoms with E-state index in [1.807, 2.05) is 0 Å². The van der Waals surface area contributed by atoms with Crippen molar-refractivity contribution in [2.75, 3.05) is 0 Å². The molecule has 0 unspecified atom stereocenters. The van der Waals surface area contributed by atoms with Crippen molar-refractivity contribution in [3.05, 3.63) is 24.0 Å². The Balaban J connectivity index is 3.00. The molecule has 0 radical (unpaired) electrons. The standard InChI is InChI=1S/C7H10N2O2/c1-7(8,6(10)11)5-2-3-9-4-5/h2-4,9H,8H2,1H3,(H,10,11)/t7-/m1/s1. The molecule has 0 fully saturated rings. The van der Waals surface area contributed by atoms with Crippen molar-refractivity contribution < 1.29 is 9.90 Å². The molecule has 0 aliphatic heterocycles. The number of nitrogens with two attached hydrogens (primary N) is 1. The molecular weight excluding hydrogens is 144 g/mol. The average molecular weight is 154 g/mol. The lowest BCUT2D eigenvalue weighted by Crippen LogP contribution is -2.41. The van der Waals surface area contributed by atoms with Crippen molar-refractivity contribution >= 4 is 5.97 Å².